The molecule has 0 heterocycles. The van der Waals surface area contributed by atoms with Crippen molar-refractivity contribution in [2.24, 2.45) is 5.92 Å². The van der Waals surface area contributed by atoms with Crippen molar-refractivity contribution in [3.63, 3.8) is 0 Å². The summed E-state index contributed by atoms with van der Waals surface area (Å²) in [5.74, 6) is 1.54. The molecule has 0 aromatic heterocycles. The number of carbonyl (C=O) groups excluding carboxylic acids is 1. The van der Waals surface area contributed by atoms with Crippen molar-refractivity contribution in [1.82, 2.24) is 4.90 Å². The van der Waals surface area contributed by atoms with Crippen molar-refractivity contribution in [2.45, 2.75) is 44.3 Å². The Balaban J connectivity index is 2.20. The zero-order chi connectivity index (χ0) is 12.7. The van der Waals surface area contributed by atoms with Crippen LogP contribution in [0.1, 0.15) is 39.0 Å². The third kappa shape index (κ3) is 5.45. The molecule has 0 aliphatic heterocycles. The molecule has 1 rings (SSSR count). The molecule has 96 valence electrons. The molecule has 0 aromatic rings. The molecule has 2 unspecified atom stereocenters. The minimum Gasteiger partial charge on any atom is -0.344 e. The van der Waals surface area contributed by atoms with Gasteiger partial charge in [-0.05, 0) is 18.8 Å². The van der Waals surface area contributed by atoms with E-state index in [0.717, 1.165) is 5.92 Å². The fourth-order valence-electron chi connectivity index (χ4n) is 2.17. The van der Waals surface area contributed by atoms with Gasteiger partial charge >= 0.3 is 0 Å². The van der Waals surface area contributed by atoms with Gasteiger partial charge in [0.25, 0.3) is 0 Å². The molecule has 0 bridgehead atoms. The van der Waals surface area contributed by atoms with Crippen LogP contribution in [0.3, 0.4) is 0 Å². The fourth-order valence-corrected chi connectivity index (χ4v) is 3.57. The van der Waals surface area contributed by atoms with Gasteiger partial charge in [-0.2, -0.15) is 5.26 Å². The Morgan fingerprint density at radius 1 is 1.53 bits per heavy atom. The molecule has 0 radical (unpaired) electrons. The van der Waals surface area contributed by atoms with E-state index in [1.54, 1.807) is 23.7 Å². The summed E-state index contributed by atoms with van der Waals surface area (Å²) in [6, 6.07) is 2.06. The minimum absolute atomic E-state index is 0.156. The molecule has 0 aromatic carbocycles. The summed E-state index contributed by atoms with van der Waals surface area (Å²) in [6.07, 6.45) is 5.57. The van der Waals surface area contributed by atoms with E-state index in [4.69, 9.17) is 5.26 Å². The molecule has 0 spiro atoms. The molecule has 1 fully saturated rings. The highest BCUT2D eigenvalue weighted by molar-refractivity contribution is 8.00. The second kappa shape index (κ2) is 7.60. The number of carbonyl (C=O) groups is 1. The van der Waals surface area contributed by atoms with Crippen LogP contribution in [0.25, 0.3) is 0 Å². The molecule has 17 heavy (non-hydrogen) atoms. The third-order valence-corrected chi connectivity index (χ3v) is 4.63. The number of amides is 1. The molecule has 4 heteroatoms. The highest BCUT2D eigenvalue weighted by Crippen LogP contribution is 2.31. The van der Waals surface area contributed by atoms with Gasteiger partial charge in [0, 0.05) is 18.8 Å². The highest BCUT2D eigenvalue weighted by atomic mass is 32.2. The van der Waals surface area contributed by atoms with E-state index >= 15 is 0 Å². The topological polar surface area (TPSA) is 44.1 Å². The van der Waals surface area contributed by atoms with E-state index in [0.29, 0.717) is 24.0 Å². The van der Waals surface area contributed by atoms with Crippen LogP contribution in [0.2, 0.25) is 0 Å². The molecule has 3 nitrogen and oxygen atoms in total. The average molecular weight is 254 g/mol. The van der Waals surface area contributed by atoms with Crippen molar-refractivity contribution in [1.29, 1.82) is 5.26 Å². The summed E-state index contributed by atoms with van der Waals surface area (Å²) < 4.78 is 0. The van der Waals surface area contributed by atoms with Crippen LogP contribution in [0.5, 0.6) is 0 Å². The highest BCUT2D eigenvalue weighted by Gasteiger charge is 2.20. The van der Waals surface area contributed by atoms with E-state index in [2.05, 4.69) is 13.0 Å². The van der Waals surface area contributed by atoms with Crippen molar-refractivity contribution < 1.29 is 4.79 Å². The molecular formula is C13H22N2OS. The Hall–Kier alpha value is -0.690. The monoisotopic (exact) mass is 254 g/mol. The van der Waals surface area contributed by atoms with E-state index in [9.17, 15) is 4.79 Å². The zero-order valence-electron chi connectivity index (χ0n) is 10.8. The first-order valence-corrected chi connectivity index (χ1v) is 7.41. The first kappa shape index (κ1) is 14.4. The van der Waals surface area contributed by atoms with Gasteiger partial charge in [0.15, 0.2) is 0 Å². The molecular weight excluding hydrogens is 232 g/mol. The van der Waals surface area contributed by atoms with Crippen LogP contribution < -0.4 is 0 Å². The summed E-state index contributed by atoms with van der Waals surface area (Å²) in [4.78, 5) is 13.4. The van der Waals surface area contributed by atoms with Gasteiger partial charge in [-0.3, -0.25) is 4.79 Å². The van der Waals surface area contributed by atoms with E-state index in [1.165, 1.54) is 25.7 Å². The second-order valence-corrected chi connectivity index (χ2v) is 6.22. The maximum absolute atomic E-state index is 11.8. The zero-order valence-corrected chi connectivity index (χ0v) is 11.6. The Morgan fingerprint density at radius 2 is 2.29 bits per heavy atom. The van der Waals surface area contributed by atoms with Crippen molar-refractivity contribution in [2.75, 3.05) is 19.3 Å². The van der Waals surface area contributed by atoms with Gasteiger partial charge in [-0.25, -0.2) is 0 Å². The number of hydrogen-bond donors (Lipinski definition) is 0. The van der Waals surface area contributed by atoms with Crippen LogP contribution >= 0.6 is 11.8 Å². The summed E-state index contributed by atoms with van der Waals surface area (Å²) in [5, 5.41) is 9.13. The Bertz CT molecular complexity index is 288. The molecule has 1 aliphatic carbocycles. The SMILES string of the molecule is CC1CCCC(SCC(=O)N(C)CCC#N)C1. The summed E-state index contributed by atoms with van der Waals surface area (Å²) in [6.45, 7) is 2.85. The average Bonchev–Trinajstić information content (AvgIpc) is 2.33. The quantitative estimate of drug-likeness (QED) is 0.757. The third-order valence-electron chi connectivity index (χ3n) is 3.32. The van der Waals surface area contributed by atoms with E-state index < -0.39 is 0 Å². The van der Waals surface area contributed by atoms with Gasteiger partial charge in [0.2, 0.25) is 5.91 Å². The lowest BCUT2D eigenvalue weighted by atomic mass is 9.91. The van der Waals surface area contributed by atoms with Crippen LogP contribution in [0, 0.1) is 17.2 Å². The maximum Gasteiger partial charge on any atom is 0.232 e. The van der Waals surface area contributed by atoms with Gasteiger partial charge in [-0.15, -0.1) is 11.8 Å². The number of hydrogen-bond acceptors (Lipinski definition) is 3. The Morgan fingerprint density at radius 3 is 2.94 bits per heavy atom. The van der Waals surface area contributed by atoms with Gasteiger partial charge in [0.1, 0.15) is 0 Å². The standard InChI is InChI=1S/C13H22N2OS/c1-11-5-3-6-12(9-11)17-10-13(16)15(2)8-4-7-14/h11-12H,3-6,8-10H2,1-2H3. The molecule has 2 atom stereocenters. The van der Waals surface area contributed by atoms with E-state index in [1.807, 2.05) is 0 Å². The number of nitriles is 1. The Labute approximate surface area is 109 Å². The number of rotatable bonds is 5. The normalized spacial score (nSPS) is 24.1. The summed E-state index contributed by atoms with van der Waals surface area (Å²) in [7, 11) is 1.78. The van der Waals surface area contributed by atoms with Crippen LogP contribution in [0.15, 0.2) is 0 Å². The number of nitrogens with zero attached hydrogens (tertiary/aromatic N) is 2. The molecule has 1 saturated carbocycles. The minimum atomic E-state index is 0.156. The van der Waals surface area contributed by atoms with Crippen LogP contribution in [-0.2, 0) is 4.79 Å². The molecule has 1 amide bonds. The smallest absolute Gasteiger partial charge is 0.232 e. The van der Waals surface area contributed by atoms with Crippen molar-refractivity contribution in [3.8, 4) is 6.07 Å². The van der Waals surface area contributed by atoms with Gasteiger partial charge in [-0.1, -0.05) is 19.8 Å². The largest absolute Gasteiger partial charge is 0.344 e. The van der Waals surface area contributed by atoms with Crippen LogP contribution in [0.4, 0.5) is 0 Å². The Kier molecular flexibility index (Phi) is 6.43. The predicted molar refractivity (Wildman–Crippen MR) is 71.7 cm³/mol. The summed E-state index contributed by atoms with van der Waals surface area (Å²) in [5.41, 5.74) is 0. The molecule has 0 saturated heterocycles. The lowest BCUT2D eigenvalue weighted by molar-refractivity contribution is -0.127. The van der Waals surface area contributed by atoms with E-state index in [-0.39, 0.29) is 5.91 Å². The number of thioether (sulfide) groups is 1. The molecule has 1 aliphatic rings. The van der Waals surface area contributed by atoms with Crippen molar-refractivity contribution >= 4 is 17.7 Å². The second-order valence-electron chi connectivity index (χ2n) is 4.93. The first-order chi connectivity index (χ1) is 8.13. The summed E-state index contributed by atoms with van der Waals surface area (Å²) >= 11 is 1.80. The van der Waals surface area contributed by atoms with Crippen molar-refractivity contribution in [3.05, 3.63) is 0 Å². The molecule has 0 N–H and O–H groups in total. The van der Waals surface area contributed by atoms with Gasteiger partial charge < -0.3 is 4.90 Å². The first-order valence-electron chi connectivity index (χ1n) is 6.36. The van der Waals surface area contributed by atoms with Crippen LogP contribution in [-0.4, -0.2) is 35.4 Å². The van der Waals surface area contributed by atoms with Gasteiger partial charge in [0.05, 0.1) is 18.2 Å². The maximum atomic E-state index is 11.8. The predicted octanol–water partition coefficient (Wildman–Crippen LogP) is 2.67. The fraction of sp³-hybridized carbons (Fsp3) is 0.846. The lowest BCUT2D eigenvalue weighted by Crippen LogP contribution is -2.30. The lowest BCUT2D eigenvalue weighted by Gasteiger charge is -2.26.